The van der Waals surface area contributed by atoms with Crippen LogP contribution in [0.4, 0.5) is 17.1 Å². The van der Waals surface area contributed by atoms with Crippen LogP contribution in [0.25, 0.3) is 93.5 Å². The molecule has 0 bridgehead atoms. The van der Waals surface area contributed by atoms with E-state index >= 15 is 0 Å². The molecule has 0 aliphatic heterocycles. The van der Waals surface area contributed by atoms with Crippen LogP contribution in [0.1, 0.15) is 66.6 Å². The number of aryl methyl sites for hydroxylation is 2. The van der Waals surface area contributed by atoms with E-state index in [1.165, 1.54) is 138 Å². The first-order chi connectivity index (χ1) is 39.2. The van der Waals surface area contributed by atoms with Gasteiger partial charge in [-0.25, -0.2) is 0 Å². The normalized spacial score (nSPS) is 15.5. The molecule has 2 heterocycles. The second kappa shape index (κ2) is 18.6. The number of nitrogens with zero attached hydrogens (tertiary/aromatic N) is 3. The molecular weight excluding hydrogens is 955 g/mol. The molecule has 0 N–H and O–H groups in total. The van der Waals surface area contributed by atoms with E-state index in [1.54, 1.807) is 0 Å². The fraction of sp³-hybridized carbons (Fsp3) is 0.105. The zero-order chi connectivity index (χ0) is 52.8. The molecule has 13 aromatic rings. The number of allylic oxidation sites excluding steroid dienone is 5. The van der Waals surface area contributed by atoms with Crippen molar-refractivity contribution in [3.8, 4) is 16.8 Å². The Morgan fingerprint density at radius 1 is 0.418 bits per heavy atom. The van der Waals surface area contributed by atoms with Crippen LogP contribution in [-0.2, 0) is 18.9 Å². The summed E-state index contributed by atoms with van der Waals surface area (Å²) in [6, 6.07) is 85.4. The molecule has 0 radical (unpaired) electrons. The summed E-state index contributed by atoms with van der Waals surface area (Å²) in [7, 11) is 2.23. The molecule has 0 fully saturated rings. The van der Waals surface area contributed by atoms with E-state index in [9.17, 15) is 0 Å². The first kappa shape index (κ1) is 46.8. The Kier molecular flexibility index (Phi) is 11.1. The summed E-state index contributed by atoms with van der Waals surface area (Å²) >= 11 is 0. The molecule has 2 aromatic heterocycles. The summed E-state index contributed by atoms with van der Waals surface area (Å²) in [4.78, 5) is 2.61. The van der Waals surface area contributed by atoms with E-state index in [4.69, 9.17) is 0 Å². The lowest BCUT2D eigenvalue weighted by Gasteiger charge is -2.34. The number of hydrogen-bond acceptors (Lipinski definition) is 1. The molecule has 0 amide bonds. The van der Waals surface area contributed by atoms with Crippen LogP contribution < -0.4 is 4.90 Å². The van der Waals surface area contributed by atoms with Gasteiger partial charge in [0.15, 0.2) is 0 Å². The van der Waals surface area contributed by atoms with Gasteiger partial charge in [0.05, 0.1) is 33.3 Å². The lowest BCUT2D eigenvalue weighted by Crippen LogP contribution is -2.27. The first-order valence-corrected chi connectivity index (χ1v) is 28.4. The molecule has 17 rings (SSSR count). The van der Waals surface area contributed by atoms with Crippen molar-refractivity contribution in [2.24, 2.45) is 7.05 Å². The minimum atomic E-state index is -0.347. The van der Waals surface area contributed by atoms with Crippen LogP contribution in [0.15, 0.2) is 254 Å². The number of rotatable bonds is 4. The highest BCUT2D eigenvalue weighted by Gasteiger charge is 2.53. The van der Waals surface area contributed by atoms with E-state index < -0.39 is 0 Å². The van der Waals surface area contributed by atoms with Crippen molar-refractivity contribution >= 4 is 93.7 Å². The fourth-order valence-corrected chi connectivity index (χ4v) is 14.5. The summed E-state index contributed by atoms with van der Waals surface area (Å²) in [5.41, 5.74) is 22.0. The van der Waals surface area contributed by atoms with Gasteiger partial charge in [0.25, 0.3) is 0 Å². The molecule has 1 unspecified atom stereocenters. The van der Waals surface area contributed by atoms with Gasteiger partial charge in [0.1, 0.15) is 0 Å². The summed E-state index contributed by atoms with van der Waals surface area (Å²) in [5, 5.41) is 11.9. The lowest BCUT2D eigenvalue weighted by atomic mass is 9.68. The van der Waals surface area contributed by atoms with Crippen LogP contribution >= 0.6 is 0 Å². The number of fused-ring (bicyclic) bond motifs is 21. The van der Waals surface area contributed by atoms with Crippen molar-refractivity contribution < 1.29 is 0 Å². The van der Waals surface area contributed by atoms with Crippen molar-refractivity contribution in [2.75, 3.05) is 4.90 Å². The minimum absolute atomic E-state index is 0.347. The third-order valence-electron chi connectivity index (χ3n) is 17.5. The van der Waals surface area contributed by atoms with E-state index in [0.717, 1.165) is 31.4 Å². The van der Waals surface area contributed by atoms with E-state index in [2.05, 4.69) is 276 Å². The average Bonchev–Trinajstić information content (AvgIpc) is 4.31. The molecule has 0 saturated heterocycles. The average molecular weight is 1010 g/mol. The highest BCUT2D eigenvalue weighted by atomic mass is 15.2. The molecule has 4 aliphatic carbocycles. The third kappa shape index (κ3) is 6.79. The number of hydrogen-bond donors (Lipinski definition) is 0. The Balaban J connectivity index is 0.000000227. The Hall–Kier alpha value is -9.44. The molecular formula is C76H59N3. The van der Waals surface area contributed by atoms with Gasteiger partial charge < -0.3 is 14.0 Å². The van der Waals surface area contributed by atoms with Gasteiger partial charge in [-0.15, -0.1) is 0 Å². The Labute approximate surface area is 461 Å². The first-order valence-electron chi connectivity index (χ1n) is 28.4. The number of anilines is 3. The highest BCUT2D eigenvalue weighted by molar-refractivity contribution is 6.25. The van der Waals surface area contributed by atoms with Gasteiger partial charge in [-0.3, -0.25) is 0 Å². The molecule has 79 heavy (non-hydrogen) atoms. The standard InChI is InChI=1S/C56H41N3.C18H12.C2H6/c1-57-48-28-13-9-23-42(48)55-51(57)30-16-32-53(55)59(37-33-34-50-43(35-37)40-21-8-14-29-49(40)58(50)36-17-3-2-4-18-36)52-31-15-27-47-54(52)41-22-7-12-26-46(41)56(47)44-24-10-5-19-38(44)39-20-6-11-25-45(39)56;1-2-8-14-13(7-1)15-9-3-4-11-17(15)18-12-6-5-10-16(14)18;1-2/h2-8,10,12-22,24,26-35H,9,11,23,25H2,1H3;1-12H;1-2H3. The minimum Gasteiger partial charge on any atom is -0.344 e. The van der Waals surface area contributed by atoms with Gasteiger partial charge in [-0.2, -0.15) is 0 Å². The van der Waals surface area contributed by atoms with Gasteiger partial charge in [0, 0.05) is 45.8 Å². The van der Waals surface area contributed by atoms with Gasteiger partial charge in [0.2, 0.25) is 0 Å². The maximum Gasteiger partial charge on any atom is 0.0689 e. The molecule has 11 aromatic carbocycles. The van der Waals surface area contributed by atoms with Crippen LogP contribution in [0.5, 0.6) is 0 Å². The van der Waals surface area contributed by atoms with Crippen molar-refractivity contribution in [3.05, 3.63) is 288 Å². The van der Waals surface area contributed by atoms with E-state index in [1.807, 2.05) is 13.8 Å². The van der Waals surface area contributed by atoms with Crippen LogP contribution in [-0.4, -0.2) is 9.13 Å². The topological polar surface area (TPSA) is 13.1 Å². The molecule has 3 heteroatoms. The van der Waals surface area contributed by atoms with Crippen molar-refractivity contribution in [2.45, 2.75) is 44.9 Å². The van der Waals surface area contributed by atoms with Crippen LogP contribution in [0, 0.1) is 0 Å². The largest absolute Gasteiger partial charge is 0.344 e. The van der Waals surface area contributed by atoms with Crippen molar-refractivity contribution in [1.82, 2.24) is 9.13 Å². The van der Waals surface area contributed by atoms with E-state index in [0.29, 0.717) is 0 Å². The smallest absolute Gasteiger partial charge is 0.0689 e. The predicted octanol–water partition coefficient (Wildman–Crippen LogP) is 20.3. The Bertz CT molecular complexity index is 4490. The molecule has 3 nitrogen and oxygen atoms in total. The Morgan fingerprint density at radius 2 is 0.937 bits per heavy atom. The van der Waals surface area contributed by atoms with Crippen LogP contribution in [0.3, 0.4) is 0 Å². The maximum absolute atomic E-state index is 2.61. The predicted molar refractivity (Wildman–Crippen MR) is 337 cm³/mol. The second-order valence-corrected chi connectivity index (χ2v) is 21.3. The summed E-state index contributed by atoms with van der Waals surface area (Å²) in [6.45, 7) is 4.00. The summed E-state index contributed by atoms with van der Waals surface area (Å²) in [6.07, 6.45) is 13.6. The van der Waals surface area contributed by atoms with Gasteiger partial charge in [-0.1, -0.05) is 208 Å². The van der Waals surface area contributed by atoms with Gasteiger partial charge in [-0.05, 0) is 163 Å². The second-order valence-electron chi connectivity index (χ2n) is 21.3. The quantitative estimate of drug-likeness (QED) is 0.160. The lowest BCUT2D eigenvalue weighted by molar-refractivity contribution is 0.714. The number of aromatic nitrogens is 2. The highest BCUT2D eigenvalue weighted by Crippen LogP contribution is 2.65. The number of benzene rings is 11. The van der Waals surface area contributed by atoms with Crippen molar-refractivity contribution in [1.29, 1.82) is 0 Å². The fourth-order valence-electron chi connectivity index (χ4n) is 14.5. The van der Waals surface area contributed by atoms with Crippen molar-refractivity contribution in [3.63, 3.8) is 0 Å². The molecule has 1 atom stereocenters. The van der Waals surface area contributed by atoms with Crippen LogP contribution in [0.2, 0.25) is 0 Å². The van der Waals surface area contributed by atoms with E-state index in [-0.39, 0.29) is 5.41 Å². The zero-order valence-electron chi connectivity index (χ0n) is 44.9. The molecule has 0 saturated carbocycles. The SMILES string of the molecule is CC.Cn1c2c(c3c(N(c4ccc5c(c4)c4ccccc4n5-c4ccccc4)c4cccc5c4-c4ccccc4C54C5=C(C=CCC5)c5ccccc54)cccc31)CCC=C2.c1ccc2c(c1)c1ccccc1c1ccccc21. The van der Waals surface area contributed by atoms with Gasteiger partial charge >= 0.3 is 0 Å². The number of para-hydroxylation sites is 2. The zero-order valence-corrected chi connectivity index (χ0v) is 44.9. The summed E-state index contributed by atoms with van der Waals surface area (Å²) in [5.74, 6) is 0. The molecule has 1 spiro atoms. The molecule has 4 aliphatic rings. The Morgan fingerprint density at radius 3 is 1.63 bits per heavy atom. The maximum atomic E-state index is 2.61. The summed E-state index contributed by atoms with van der Waals surface area (Å²) < 4.78 is 4.82. The monoisotopic (exact) mass is 1010 g/mol. The molecule has 378 valence electrons. The third-order valence-corrected chi connectivity index (χ3v) is 17.5.